The number of nitrogens with one attached hydrogen (secondary N) is 1. The summed E-state index contributed by atoms with van der Waals surface area (Å²) in [6, 6.07) is 5.12. The molecule has 1 rings (SSSR count). The number of nitrogens with zero attached hydrogens (tertiary/aromatic N) is 1. The summed E-state index contributed by atoms with van der Waals surface area (Å²) in [5, 5.41) is 12.1. The standard InChI is InChI=1S/C11H15BrN2O3/c1-17-7-8(15)5-6-13-11(16)9-3-2-4-10(12)14-9/h2-4,8,15H,5-7H2,1H3,(H,13,16). The van der Waals surface area contributed by atoms with Crippen LogP contribution < -0.4 is 5.32 Å². The summed E-state index contributed by atoms with van der Waals surface area (Å²) in [4.78, 5) is 15.7. The molecule has 94 valence electrons. The summed E-state index contributed by atoms with van der Waals surface area (Å²) in [6.45, 7) is 0.655. The molecule has 0 radical (unpaired) electrons. The lowest BCUT2D eigenvalue weighted by Crippen LogP contribution is -2.29. The van der Waals surface area contributed by atoms with Crippen molar-refractivity contribution >= 4 is 21.8 Å². The smallest absolute Gasteiger partial charge is 0.269 e. The fraction of sp³-hybridized carbons (Fsp3) is 0.455. The van der Waals surface area contributed by atoms with Crippen molar-refractivity contribution in [3.63, 3.8) is 0 Å². The highest BCUT2D eigenvalue weighted by Gasteiger charge is 2.08. The maximum absolute atomic E-state index is 11.6. The van der Waals surface area contributed by atoms with Gasteiger partial charge >= 0.3 is 0 Å². The number of amides is 1. The summed E-state index contributed by atoms with van der Waals surface area (Å²) in [6.07, 6.45) is -0.108. The third kappa shape index (κ3) is 5.25. The van der Waals surface area contributed by atoms with Crippen molar-refractivity contribution in [1.29, 1.82) is 0 Å². The molecular formula is C11H15BrN2O3. The Morgan fingerprint density at radius 1 is 1.65 bits per heavy atom. The number of aliphatic hydroxyl groups is 1. The molecule has 2 N–H and O–H groups in total. The van der Waals surface area contributed by atoms with Crippen LogP contribution in [0.3, 0.4) is 0 Å². The number of aromatic nitrogens is 1. The predicted octanol–water partition coefficient (Wildman–Crippen LogP) is 0.971. The van der Waals surface area contributed by atoms with Crippen LogP contribution in [0.15, 0.2) is 22.8 Å². The van der Waals surface area contributed by atoms with Crippen molar-refractivity contribution in [3.05, 3.63) is 28.5 Å². The topological polar surface area (TPSA) is 71.5 Å². The van der Waals surface area contributed by atoms with E-state index in [9.17, 15) is 9.90 Å². The summed E-state index contributed by atoms with van der Waals surface area (Å²) < 4.78 is 5.40. The number of aliphatic hydroxyl groups excluding tert-OH is 1. The molecule has 0 spiro atoms. The number of pyridine rings is 1. The van der Waals surface area contributed by atoms with Gasteiger partial charge in [0.15, 0.2) is 0 Å². The van der Waals surface area contributed by atoms with Crippen LogP contribution in [0.5, 0.6) is 0 Å². The third-order valence-corrected chi connectivity index (χ3v) is 2.51. The van der Waals surface area contributed by atoms with E-state index in [4.69, 9.17) is 4.74 Å². The van der Waals surface area contributed by atoms with Gasteiger partial charge in [0, 0.05) is 13.7 Å². The zero-order chi connectivity index (χ0) is 12.7. The SMILES string of the molecule is COCC(O)CCNC(=O)c1cccc(Br)n1. The lowest BCUT2D eigenvalue weighted by molar-refractivity contribution is 0.0587. The third-order valence-electron chi connectivity index (χ3n) is 2.07. The molecule has 1 aromatic heterocycles. The van der Waals surface area contributed by atoms with Gasteiger partial charge in [-0.1, -0.05) is 6.07 Å². The summed E-state index contributed by atoms with van der Waals surface area (Å²) in [5.41, 5.74) is 0.348. The molecule has 0 aromatic carbocycles. The van der Waals surface area contributed by atoms with E-state index in [-0.39, 0.29) is 12.5 Å². The van der Waals surface area contributed by atoms with Gasteiger partial charge in [-0.05, 0) is 34.5 Å². The first-order chi connectivity index (χ1) is 8.13. The average Bonchev–Trinajstić information content (AvgIpc) is 2.29. The fourth-order valence-corrected chi connectivity index (χ4v) is 1.60. The monoisotopic (exact) mass is 302 g/mol. The quantitative estimate of drug-likeness (QED) is 0.768. The first kappa shape index (κ1) is 14.1. The Kier molecular flexibility index (Phi) is 6.10. The molecule has 1 heterocycles. The van der Waals surface area contributed by atoms with E-state index in [0.29, 0.717) is 23.3 Å². The molecule has 5 nitrogen and oxygen atoms in total. The molecule has 0 saturated heterocycles. The van der Waals surface area contributed by atoms with E-state index in [1.807, 2.05) is 0 Å². The van der Waals surface area contributed by atoms with Crippen molar-refractivity contribution in [2.75, 3.05) is 20.3 Å². The van der Waals surface area contributed by atoms with Crippen LogP contribution in [0.4, 0.5) is 0 Å². The Morgan fingerprint density at radius 3 is 3.06 bits per heavy atom. The highest BCUT2D eigenvalue weighted by molar-refractivity contribution is 9.10. The van der Waals surface area contributed by atoms with Crippen LogP contribution in [0.25, 0.3) is 0 Å². The van der Waals surface area contributed by atoms with Crippen molar-refractivity contribution in [3.8, 4) is 0 Å². The summed E-state index contributed by atoms with van der Waals surface area (Å²) in [7, 11) is 1.52. The minimum Gasteiger partial charge on any atom is -0.391 e. The van der Waals surface area contributed by atoms with Gasteiger partial charge in [0.1, 0.15) is 10.3 Å². The molecule has 1 aromatic rings. The molecule has 0 bridgehead atoms. The van der Waals surface area contributed by atoms with E-state index < -0.39 is 6.10 Å². The molecule has 6 heteroatoms. The van der Waals surface area contributed by atoms with Crippen molar-refractivity contribution < 1.29 is 14.6 Å². The van der Waals surface area contributed by atoms with Crippen LogP contribution in [-0.4, -0.2) is 42.4 Å². The number of ether oxygens (including phenoxy) is 1. The zero-order valence-corrected chi connectivity index (χ0v) is 11.1. The number of rotatable bonds is 6. The van der Waals surface area contributed by atoms with Crippen molar-refractivity contribution in [1.82, 2.24) is 10.3 Å². The lowest BCUT2D eigenvalue weighted by atomic mass is 10.2. The van der Waals surface area contributed by atoms with Gasteiger partial charge in [-0.3, -0.25) is 4.79 Å². The second-order valence-corrected chi connectivity index (χ2v) is 4.31. The fourth-order valence-electron chi connectivity index (χ4n) is 1.25. The van der Waals surface area contributed by atoms with E-state index in [1.54, 1.807) is 18.2 Å². The number of carbonyl (C=O) groups is 1. The molecule has 0 aliphatic heterocycles. The zero-order valence-electron chi connectivity index (χ0n) is 9.52. The minimum absolute atomic E-state index is 0.254. The van der Waals surface area contributed by atoms with E-state index in [1.165, 1.54) is 7.11 Å². The molecule has 1 amide bonds. The van der Waals surface area contributed by atoms with Crippen molar-refractivity contribution in [2.45, 2.75) is 12.5 Å². The maximum Gasteiger partial charge on any atom is 0.269 e. The molecule has 0 aliphatic carbocycles. The van der Waals surface area contributed by atoms with Gasteiger partial charge in [-0.25, -0.2) is 4.98 Å². The predicted molar refractivity (Wildman–Crippen MR) is 66.8 cm³/mol. The Balaban J connectivity index is 2.35. The largest absolute Gasteiger partial charge is 0.391 e. The molecule has 0 aliphatic rings. The number of methoxy groups -OCH3 is 1. The van der Waals surface area contributed by atoms with Crippen molar-refractivity contribution in [2.24, 2.45) is 0 Å². The average molecular weight is 303 g/mol. The van der Waals surface area contributed by atoms with Gasteiger partial charge < -0.3 is 15.2 Å². The van der Waals surface area contributed by atoms with Gasteiger partial charge in [0.05, 0.1) is 12.7 Å². The van der Waals surface area contributed by atoms with Crippen LogP contribution >= 0.6 is 15.9 Å². The molecule has 0 fully saturated rings. The Bertz CT molecular complexity index is 373. The second-order valence-electron chi connectivity index (χ2n) is 3.50. The number of halogens is 1. The molecular weight excluding hydrogens is 288 g/mol. The highest BCUT2D eigenvalue weighted by atomic mass is 79.9. The molecule has 1 unspecified atom stereocenters. The Labute approximate surface area is 108 Å². The molecule has 0 saturated carbocycles. The highest BCUT2D eigenvalue weighted by Crippen LogP contribution is 2.06. The number of hydrogen-bond acceptors (Lipinski definition) is 4. The number of carbonyl (C=O) groups excluding carboxylic acids is 1. The van der Waals surface area contributed by atoms with Gasteiger partial charge in [-0.15, -0.1) is 0 Å². The van der Waals surface area contributed by atoms with Gasteiger partial charge in [0.25, 0.3) is 5.91 Å². The Morgan fingerprint density at radius 2 is 2.41 bits per heavy atom. The number of hydrogen-bond donors (Lipinski definition) is 2. The van der Waals surface area contributed by atoms with Gasteiger partial charge in [-0.2, -0.15) is 0 Å². The molecule has 1 atom stereocenters. The second kappa shape index (κ2) is 7.37. The normalized spacial score (nSPS) is 12.2. The van der Waals surface area contributed by atoms with E-state index in [0.717, 1.165) is 0 Å². The van der Waals surface area contributed by atoms with Crippen LogP contribution in [0, 0.1) is 0 Å². The van der Waals surface area contributed by atoms with E-state index >= 15 is 0 Å². The van der Waals surface area contributed by atoms with E-state index in [2.05, 4.69) is 26.2 Å². The maximum atomic E-state index is 11.6. The lowest BCUT2D eigenvalue weighted by Gasteiger charge is -2.09. The van der Waals surface area contributed by atoms with Crippen LogP contribution in [0.2, 0.25) is 0 Å². The first-order valence-electron chi connectivity index (χ1n) is 5.21. The summed E-state index contributed by atoms with van der Waals surface area (Å²) >= 11 is 3.19. The van der Waals surface area contributed by atoms with Crippen LogP contribution in [-0.2, 0) is 4.74 Å². The molecule has 17 heavy (non-hydrogen) atoms. The summed E-state index contributed by atoms with van der Waals surface area (Å²) in [5.74, 6) is -0.254. The Hall–Kier alpha value is -0.980. The first-order valence-corrected chi connectivity index (χ1v) is 6.00. The van der Waals surface area contributed by atoms with Crippen LogP contribution in [0.1, 0.15) is 16.9 Å². The minimum atomic E-state index is -0.559. The van der Waals surface area contributed by atoms with Gasteiger partial charge in [0.2, 0.25) is 0 Å².